The molecular formula is C12H24N2O2. The standard InChI is InChI=1S/C12H24N2O2/c1-12(2,11(15)13-3)9-14-7-10-5-4-6-16-8-10/h10,14H,4-9H2,1-3H3,(H,13,15). The summed E-state index contributed by atoms with van der Waals surface area (Å²) in [7, 11) is 1.68. The van der Waals surface area contributed by atoms with Gasteiger partial charge in [0, 0.05) is 26.7 Å². The Kier molecular flexibility index (Phi) is 5.22. The van der Waals surface area contributed by atoms with Gasteiger partial charge in [0.25, 0.3) is 0 Å². The number of hydrogen-bond acceptors (Lipinski definition) is 3. The fourth-order valence-corrected chi connectivity index (χ4v) is 1.98. The minimum absolute atomic E-state index is 0.0832. The van der Waals surface area contributed by atoms with E-state index in [1.54, 1.807) is 7.05 Å². The Morgan fingerprint density at radius 1 is 1.50 bits per heavy atom. The Balaban J connectivity index is 2.20. The molecular weight excluding hydrogens is 204 g/mol. The molecule has 1 rings (SSSR count). The summed E-state index contributed by atoms with van der Waals surface area (Å²) in [5, 5.41) is 6.06. The van der Waals surface area contributed by atoms with Gasteiger partial charge in [-0.3, -0.25) is 4.79 Å². The number of rotatable bonds is 5. The van der Waals surface area contributed by atoms with Gasteiger partial charge in [0.05, 0.1) is 12.0 Å². The van der Waals surface area contributed by atoms with E-state index in [1.807, 2.05) is 13.8 Å². The van der Waals surface area contributed by atoms with E-state index < -0.39 is 0 Å². The van der Waals surface area contributed by atoms with Gasteiger partial charge in [0.1, 0.15) is 0 Å². The van der Waals surface area contributed by atoms with Gasteiger partial charge in [-0.2, -0.15) is 0 Å². The van der Waals surface area contributed by atoms with Crippen molar-refractivity contribution in [3.05, 3.63) is 0 Å². The molecule has 4 heteroatoms. The van der Waals surface area contributed by atoms with E-state index in [1.165, 1.54) is 6.42 Å². The van der Waals surface area contributed by atoms with Crippen molar-refractivity contribution in [1.82, 2.24) is 10.6 Å². The highest BCUT2D eigenvalue weighted by molar-refractivity contribution is 5.81. The third-order valence-electron chi connectivity index (χ3n) is 3.10. The van der Waals surface area contributed by atoms with E-state index in [-0.39, 0.29) is 11.3 Å². The highest BCUT2D eigenvalue weighted by Gasteiger charge is 2.26. The van der Waals surface area contributed by atoms with Gasteiger partial charge in [-0.1, -0.05) is 0 Å². The summed E-state index contributed by atoms with van der Waals surface area (Å²) in [6.45, 7) is 7.32. The maximum absolute atomic E-state index is 11.5. The molecule has 0 bridgehead atoms. The van der Waals surface area contributed by atoms with Gasteiger partial charge < -0.3 is 15.4 Å². The minimum atomic E-state index is -0.343. The van der Waals surface area contributed by atoms with Crippen molar-refractivity contribution in [3.63, 3.8) is 0 Å². The van der Waals surface area contributed by atoms with Crippen LogP contribution in [0.2, 0.25) is 0 Å². The quantitative estimate of drug-likeness (QED) is 0.731. The number of ether oxygens (including phenoxy) is 1. The summed E-state index contributed by atoms with van der Waals surface area (Å²) < 4.78 is 5.41. The Morgan fingerprint density at radius 2 is 2.25 bits per heavy atom. The van der Waals surface area contributed by atoms with Crippen LogP contribution >= 0.6 is 0 Å². The summed E-state index contributed by atoms with van der Waals surface area (Å²) in [5.41, 5.74) is -0.343. The van der Waals surface area contributed by atoms with Crippen molar-refractivity contribution in [3.8, 4) is 0 Å². The van der Waals surface area contributed by atoms with Crippen LogP contribution < -0.4 is 10.6 Å². The zero-order valence-corrected chi connectivity index (χ0v) is 10.6. The van der Waals surface area contributed by atoms with Crippen LogP contribution in [-0.4, -0.2) is 39.3 Å². The molecule has 0 spiro atoms. The van der Waals surface area contributed by atoms with E-state index >= 15 is 0 Å². The van der Waals surface area contributed by atoms with Crippen molar-refractivity contribution in [1.29, 1.82) is 0 Å². The molecule has 1 heterocycles. The van der Waals surface area contributed by atoms with Crippen LogP contribution in [0.3, 0.4) is 0 Å². The average molecular weight is 228 g/mol. The fourth-order valence-electron chi connectivity index (χ4n) is 1.98. The number of amides is 1. The Hall–Kier alpha value is -0.610. The summed E-state index contributed by atoms with van der Waals surface area (Å²) in [6.07, 6.45) is 2.39. The highest BCUT2D eigenvalue weighted by Crippen LogP contribution is 2.15. The molecule has 0 aliphatic carbocycles. The van der Waals surface area contributed by atoms with Crippen molar-refractivity contribution in [2.75, 3.05) is 33.4 Å². The van der Waals surface area contributed by atoms with Gasteiger partial charge in [-0.05, 0) is 32.6 Å². The molecule has 94 valence electrons. The van der Waals surface area contributed by atoms with Crippen molar-refractivity contribution in [2.45, 2.75) is 26.7 Å². The second-order valence-electron chi connectivity index (χ2n) is 5.18. The second kappa shape index (κ2) is 6.21. The van der Waals surface area contributed by atoms with Crippen LogP contribution in [0.4, 0.5) is 0 Å². The third-order valence-corrected chi connectivity index (χ3v) is 3.10. The lowest BCUT2D eigenvalue weighted by molar-refractivity contribution is -0.128. The lowest BCUT2D eigenvalue weighted by Gasteiger charge is -2.26. The van der Waals surface area contributed by atoms with E-state index in [2.05, 4.69) is 10.6 Å². The molecule has 4 nitrogen and oxygen atoms in total. The van der Waals surface area contributed by atoms with Gasteiger partial charge in [-0.15, -0.1) is 0 Å². The molecule has 1 fully saturated rings. The Morgan fingerprint density at radius 3 is 2.81 bits per heavy atom. The fraction of sp³-hybridized carbons (Fsp3) is 0.917. The lowest BCUT2D eigenvalue weighted by atomic mass is 9.92. The zero-order valence-electron chi connectivity index (χ0n) is 10.6. The van der Waals surface area contributed by atoms with Crippen LogP contribution in [0.25, 0.3) is 0 Å². The molecule has 0 aromatic carbocycles. The van der Waals surface area contributed by atoms with E-state index in [0.29, 0.717) is 12.5 Å². The average Bonchev–Trinajstić information content (AvgIpc) is 2.29. The van der Waals surface area contributed by atoms with E-state index in [9.17, 15) is 4.79 Å². The monoisotopic (exact) mass is 228 g/mol. The molecule has 1 amide bonds. The van der Waals surface area contributed by atoms with Gasteiger partial charge in [0.2, 0.25) is 5.91 Å². The van der Waals surface area contributed by atoms with Gasteiger partial charge >= 0.3 is 0 Å². The highest BCUT2D eigenvalue weighted by atomic mass is 16.5. The smallest absolute Gasteiger partial charge is 0.226 e. The third kappa shape index (κ3) is 4.10. The predicted molar refractivity (Wildman–Crippen MR) is 64.3 cm³/mol. The molecule has 0 saturated carbocycles. The molecule has 2 N–H and O–H groups in total. The SMILES string of the molecule is CNC(=O)C(C)(C)CNCC1CCCOC1. The second-order valence-corrected chi connectivity index (χ2v) is 5.18. The summed E-state index contributed by atoms with van der Waals surface area (Å²) in [5.74, 6) is 0.689. The molecule has 1 atom stereocenters. The van der Waals surface area contributed by atoms with Crippen LogP contribution in [0, 0.1) is 11.3 Å². The first-order valence-electron chi connectivity index (χ1n) is 6.07. The number of nitrogens with one attached hydrogen (secondary N) is 2. The molecule has 0 aromatic rings. The summed E-state index contributed by atoms with van der Waals surface area (Å²) >= 11 is 0. The molecule has 0 aromatic heterocycles. The van der Waals surface area contributed by atoms with Crippen molar-refractivity contribution >= 4 is 5.91 Å². The molecule has 1 aliphatic rings. The molecule has 0 radical (unpaired) electrons. The first kappa shape index (κ1) is 13.5. The van der Waals surface area contributed by atoms with Crippen molar-refractivity contribution in [2.24, 2.45) is 11.3 Å². The van der Waals surface area contributed by atoms with Crippen LogP contribution in [0.5, 0.6) is 0 Å². The number of carbonyl (C=O) groups is 1. The predicted octanol–water partition coefficient (Wildman–Crippen LogP) is 0.775. The van der Waals surface area contributed by atoms with Crippen LogP contribution in [0.15, 0.2) is 0 Å². The Labute approximate surface area is 98.1 Å². The number of carbonyl (C=O) groups excluding carboxylic acids is 1. The molecule has 1 aliphatic heterocycles. The summed E-state index contributed by atoms with van der Waals surface area (Å²) in [6, 6.07) is 0. The lowest BCUT2D eigenvalue weighted by Crippen LogP contribution is -2.43. The van der Waals surface area contributed by atoms with Crippen molar-refractivity contribution < 1.29 is 9.53 Å². The minimum Gasteiger partial charge on any atom is -0.381 e. The Bertz CT molecular complexity index is 223. The molecule has 1 saturated heterocycles. The zero-order chi connectivity index (χ0) is 12.0. The van der Waals surface area contributed by atoms with E-state index in [4.69, 9.17) is 4.74 Å². The first-order chi connectivity index (χ1) is 7.56. The maximum atomic E-state index is 11.5. The van der Waals surface area contributed by atoms with Gasteiger partial charge in [0.15, 0.2) is 0 Å². The maximum Gasteiger partial charge on any atom is 0.226 e. The first-order valence-corrected chi connectivity index (χ1v) is 6.07. The molecule has 1 unspecified atom stereocenters. The van der Waals surface area contributed by atoms with Gasteiger partial charge in [-0.25, -0.2) is 0 Å². The van der Waals surface area contributed by atoms with E-state index in [0.717, 1.165) is 26.2 Å². The molecule has 16 heavy (non-hydrogen) atoms. The largest absolute Gasteiger partial charge is 0.381 e. The van der Waals surface area contributed by atoms with Crippen LogP contribution in [0.1, 0.15) is 26.7 Å². The topological polar surface area (TPSA) is 50.4 Å². The van der Waals surface area contributed by atoms with Crippen LogP contribution in [-0.2, 0) is 9.53 Å². The number of hydrogen-bond donors (Lipinski definition) is 2. The summed E-state index contributed by atoms with van der Waals surface area (Å²) in [4.78, 5) is 11.5. The normalized spacial score (nSPS) is 21.8.